The van der Waals surface area contributed by atoms with Gasteiger partial charge in [-0.15, -0.1) is 0 Å². The highest BCUT2D eigenvalue weighted by Gasteiger charge is 2.61. The predicted octanol–water partition coefficient (Wildman–Crippen LogP) is 1.70. The van der Waals surface area contributed by atoms with Crippen LogP contribution in [0.3, 0.4) is 0 Å². The van der Waals surface area contributed by atoms with E-state index < -0.39 is 0 Å². The van der Waals surface area contributed by atoms with Crippen molar-refractivity contribution < 1.29 is 0 Å². The normalized spacial score (nSPS) is 29.7. The van der Waals surface area contributed by atoms with Gasteiger partial charge in [0.1, 0.15) is 6.33 Å². The molecule has 2 aromatic rings. The number of nitrogens with zero attached hydrogens (tertiary/aromatic N) is 5. The predicted molar refractivity (Wildman–Crippen MR) is 103 cm³/mol. The molecule has 1 aliphatic carbocycles. The number of aromatic nitrogens is 3. The van der Waals surface area contributed by atoms with Crippen LogP contribution >= 0.6 is 0 Å². The van der Waals surface area contributed by atoms with Crippen molar-refractivity contribution in [1.29, 1.82) is 0 Å². The first-order chi connectivity index (χ1) is 12.7. The summed E-state index contributed by atoms with van der Waals surface area (Å²) in [5, 5.41) is 3.43. The number of benzene rings is 1. The Morgan fingerprint density at radius 2 is 2.15 bits per heavy atom. The topological polar surface area (TPSA) is 57.2 Å². The highest BCUT2D eigenvalue weighted by molar-refractivity contribution is 5.47. The van der Waals surface area contributed by atoms with Gasteiger partial charge in [0.05, 0.1) is 0 Å². The molecule has 0 bridgehead atoms. The fraction of sp³-hybridized carbons (Fsp3) is 0.550. The van der Waals surface area contributed by atoms with Crippen LogP contribution in [-0.2, 0) is 5.41 Å². The lowest BCUT2D eigenvalue weighted by Crippen LogP contribution is -2.31. The van der Waals surface area contributed by atoms with Crippen molar-refractivity contribution in [2.75, 3.05) is 49.6 Å². The van der Waals surface area contributed by atoms with Crippen molar-refractivity contribution in [3.05, 3.63) is 42.2 Å². The minimum Gasteiger partial charge on any atom is -0.343 e. The molecule has 0 spiro atoms. The van der Waals surface area contributed by atoms with Gasteiger partial charge >= 0.3 is 0 Å². The molecule has 3 fully saturated rings. The summed E-state index contributed by atoms with van der Waals surface area (Å²) in [4.78, 5) is 18.2. The second-order valence-electron chi connectivity index (χ2n) is 8.13. The van der Waals surface area contributed by atoms with Gasteiger partial charge in [-0.25, -0.2) is 9.97 Å². The van der Waals surface area contributed by atoms with Crippen molar-refractivity contribution in [3.63, 3.8) is 0 Å². The van der Waals surface area contributed by atoms with E-state index >= 15 is 0 Å². The van der Waals surface area contributed by atoms with E-state index in [0.29, 0.717) is 11.3 Å². The standard InChI is InChI=1S/C20H26N6/c1-25(11-15-7-8-21-10-15)18-22-14-23-19(24-18)26-12-17-9-20(17,13-26)16-5-3-2-4-6-16/h2-6,14-15,17,21H,7-13H2,1H3/t15?,17-,20+/m0/s1. The molecule has 1 aromatic heterocycles. The molecule has 3 heterocycles. The highest BCUT2D eigenvalue weighted by atomic mass is 15.3. The average molecular weight is 350 g/mol. The van der Waals surface area contributed by atoms with E-state index in [1.54, 1.807) is 6.33 Å². The van der Waals surface area contributed by atoms with Crippen LogP contribution in [-0.4, -0.2) is 54.7 Å². The fourth-order valence-electron chi connectivity index (χ4n) is 4.81. The van der Waals surface area contributed by atoms with Crippen LogP contribution in [0.15, 0.2) is 36.7 Å². The summed E-state index contributed by atoms with van der Waals surface area (Å²) in [5.74, 6) is 3.03. The van der Waals surface area contributed by atoms with Gasteiger partial charge in [-0.2, -0.15) is 4.98 Å². The largest absolute Gasteiger partial charge is 0.343 e. The van der Waals surface area contributed by atoms with Gasteiger partial charge in [0.2, 0.25) is 11.9 Å². The molecule has 5 rings (SSSR count). The maximum atomic E-state index is 4.79. The smallest absolute Gasteiger partial charge is 0.230 e. The molecular formula is C20H26N6. The van der Waals surface area contributed by atoms with Crippen LogP contribution in [0.1, 0.15) is 18.4 Å². The lowest BCUT2D eigenvalue weighted by atomic mass is 9.95. The molecule has 2 saturated heterocycles. The summed E-state index contributed by atoms with van der Waals surface area (Å²) < 4.78 is 0. The van der Waals surface area contributed by atoms with E-state index in [0.717, 1.165) is 50.5 Å². The summed E-state index contributed by atoms with van der Waals surface area (Å²) in [6, 6.07) is 10.9. The second-order valence-corrected chi connectivity index (χ2v) is 8.13. The van der Waals surface area contributed by atoms with E-state index in [4.69, 9.17) is 4.98 Å². The first-order valence-corrected chi connectivity index (χ1v) is 9.66. The summed E-state index contributed by atoms with van der Waals surface area (Å²) in [6.07, 6.45) is 4.19. The Kier molecular flexibility index (Phi) is 3.81. The Labute approximate surface area is 154 Å². The highest BCUT2D eigenvalue weighted by Crippen LogP contribution is 2.59. The molecule has 0 radical (unpaired) electrons. The van der Waals surface area contributed by atoms with Gasteiger partial charge in [-0.3, -0.25) is 0 Å². The molecule has 3 atom stereocenters. The summed E-state index contributed by atoms with van der Waals surface area (Å²) in [5.41, 5.74) is 1.78. The lowest BCUT2D eigenvalue weighted by Gasteiger charge is -2.24. The van der Waals surface area contributed by atoms with Gasteiger partial charge in [0, 0.05) is 32.1 Å². The molecular weight excluding hydrogens is 324 g/mol. The summed E-state index contributed by atoms with van der Waals surface area (Å²) in [7, 11) is 2.09. The third-order valence-electron chi connectivity index (χ3n) is 6.36. The van der Waals surface area contributed by atoms with E-state index in [9.17, 15) is 0 Å². The number of nitrogens with one attached hydrogen (secondary N) is 1. The molecule has 6 heteroatoms. The van der Waals surface area contributed by atoms with Gasteiger partial charge in [0.15, 0.2) is 0 Å². The molecule has 2 aliphatic heterocycles. The van der Waals surface area contributed by atoms with Gasteiger partial charge in [-0.1, -0.05) is 30.3 Å². The van der Waals surface area contributed by atoms with Gasteiger partial charge in [-0.05, 0) is 43.3 Å². The number of fused-ring (bicyclic) bond motifs is 1. The van der Waals surface area contributed by atoms with Crippen LogP contribution < -0.4 is 15.1 Å². The Balaban J connectivity index is 1.31. The molecule has 6 nitrogen and oxygen atoms in total. The zero-order valence-corrected chi connectivity index (χ0v) is 15.3. The molecule has 26 heavy (non-hydrogen) atoms. The second kappa shape index (κ2) is 6.20. The Morgan fingerprint density at radius 3 is 2.96 bits per heavy atom. The molecule has 1 N–H and O–H groups in total. The van der Waals surface area contributed by atoms with E-state index in [-0.39, 0.29) is 0 Å². The third-order valence-corrected chi connectivity index (χ3v) is 6.36. The van der Waals surface area contributed by atoms with Crippen molar-refractivity contribution in [1.82, 2.24) is 20.3 Å². The SMILES string of the molecule is CN(CC1CCNC1)c1ncnc(N2C[C@@H]3C[C@]3(c3ccccc3)C2)n1. The Morgan fingerprint density at radius 1 is 1.27 bits per heavy atom. The number of rotatable bonds is 5. The van der Waals surface area contributed by atoms with Gasteiger partial charge in [0.25, 0.3) is 0 Å². The third kappa shape index (κ3) is 2.72. The molecule has 1 saturated carbocycles. The van der Waals surface area contributed by atoms with Crippen LogP contribution in [0.5, 0.6) is 0 Å². The Bertz CT molecular complexity index is 775. The maximum absolute atomic E-state index is 4.79. The van der Waals surface area contributed by atoms with Crippen molar-refractivity contribution in [2.24, 2.45) is 11.8 Å². The van der Waals surface area contributed by atoms with E-state index in [2.05, 4.69) is 62.5 Å². The van der Waals surface area contributed by atoms with Crippen molar-refractivity contribution >= 4 is 11.9 Å². The first-order valence-electron chi connectivity index (χ1n) is 9.66. The van der Waals surface area contributed by atoms with Crippen LogP contribution in [0, 0.1) is 11.8 Å². The Hall–Kier alpha value is -2.21. The fourth-order valence-corrected chi connectivity index (χ4v) is 4.81. The minimum atomic E-state index is 0.315. The van der Waals surface area contributed by atoms with Gasteiger partial charge < -0.3 is 15.1 Å². The molecule has 0 amide bonds. The summed E-state index contributed by atoms with van der Waals surface area (Å²) in [6.45, 7) is 5.27. The number of hydrogen-bond acceptors (Lipinski definition) is 6. The van der Waals surface area contributed by atoms with Crippen molar-refractivity contribution in [2.45, 2.75) is 18.3 Å². The molecule has 3 aliphatic rings. The summed E-state index contributed by atoms with van der Waals surface area (Å²) >= 11 is 0. The number of hydrogen-bond donors (Lipinski definition) is 1. The zero-order valence-electron chi connectivity index (χ0n) is 15.3. The lowest BCUT2D eigenvalue weighted by molar-refractivity contribution is 0.572. The number of anilines is 2. The first kappa shape index (κ1) is 16.0. The van der Waals surface area contributed by atoms with E-state index in [1.807, 2.05) is 0 Å². The quantitative estimate of drug-likeness (QED) is 0.886. The van der Waals surface area contributed by atoms with Crippen LogP contribution in [0.2, 0.25) is 0 Å². The zero-order chi connectivity index (χ0) is 17.6. The van der Waals surface area contributed by atoms with Crippen LogP contribution in [0.25, 0.3) is 0 Å². The van der Waals surface area contributed by atoms with Crippen molar-refractivity contribution in [3.8, 4) is 0 Å². The average Bonchev–Trinajstić information content (AvgIpc) is 3.02. The molecule has 1 aromatic carbocycles. The number of piperidine rings is 1. The monoisotopic (exact) mass is 350 g/mol. The minimum absolute atomic E-state index is 0.315. The van der Waals surface area contributed by atoms with Crippen LogP contribution in [0.4, 0.5) is 11.9 Å². The van der Waals surface area contributed by atoms with E-state index in [1.165, 1.54) is 18.4 Å². The maximum Gasteiger partial charge on any atom is 0.230 e. The molecule has 1 unspecified atom stereocenters. The molecule has 136 valence electrons.